The molecule has 0 bridgehead atoms. The Morgan fingerprint density at radius 1 is 0.771 bits per heavy atom. The Morgan fingerprint density at radius 3 is 2.43 bits per heavy atom. The van der Waals surface area contributed by atoms with E-state index in [1.807, 2.05) is 30.3 Å². The summed E-state index contributed by atoms with van der Waals surface area (Å²) in [7, 11) is 0. The maximum absolute atomic E-state index is 4.93. The van der Waals surface area contributed by atoms with Crippen LogP contribution in [0.5, 0.6) is 0 Å². The highest BCUT2D eigenvalue weighted by Crippen LogP contribution is 2.52. The first-order valence-electron chi connectivity index (χ1n) is 11.8. The molecule has 0 radical (unpaired) electrons. The van der Waals surface area contributed by atoms with Crippen LogP contribution >= 0.6 is 0 Å². The van der Waals surface area contributed by atoms with E-state index in [4.69, 9.17) is 5.11 Å². The van der Waals surface area contributed by atoms with E-state index < -0.39 is 5.54 Å². The van der Waals surface area contributed by atoms with E-state index in [1.165, 1.54) is 11.1 Å². The summed E-state index contributed by atoms with van der Waals surface area (Å²) in [5, 5.41) is 27.3. The van der Waals surface area contributed by atoms with Crippen molar-refractivity contribution in [2.75, 3.05) is 5.32 Å². The van der Waals surface area contributed by atoms with Crippen molar-refractivity contribution in [1.29, 1.82) is 0 Å². The van der Waals surface area contributed by atoms with Gasteiger partial charge in [0.05, 0.1) is 17.4 Å². The molecule has 172 valence electrons. The third kappa shape index (κ3) is 3.72. The topological polar surface area (TPSA) is 73.5 Å². The molecule has 0 saturated heterocycles. The average Bonchev–Trinajstić information content (AvgIpc) is 2.87. The number of rotatable bonds is 4. The van der Waals surface area contributed by atoms with E-state index in [9.17, 15) is 0 Å². The van der Waals surface area contributed by atoms with Gasteiger partial charge in [0.1, 0.15) is 5.54 Å². The smallest absolute Gasteiger partial charge is 0.147 e. The monoisotopic (exact) mass is 458 g/mol. The van der Waals surface area contributed by atoms with Gasteiger partial charge in [0, 0.05) is 11.3 Å². The third-order valence-electron chi connectivity index (χ3n) is 6.73. The summed E-state index contributed by atoms with van der Waals surface area (Å²) in [6.07, 6.45) is 4.30. The second-order valence-electron chi connectivity index (χ2n) is 9.54. The summed E-state index contributed by atoms with van der Waals surface area (Å²) in [5.74, 6) is 0. The Hall–Kier alpha value is -4.16. The Morgan fingerprint density at radius 2 is 1.54 bits per heavy atom. The molecular weight excluding hydrogens is 432 g/mol. The van der Waals surface area contributed by atoms with E-state index in [0.29, 0.717) is 0 Å². The molecule has 2 atom stereocenters. The molecule has 0 aromatic heterocycles. The zero-order valence-electron chi connectivity index (χ0n) is 19.7. The van der Waals surface area contributed by atoms with Crippen LogP contribution in [0.1, 0.15) is 36.6 Å². The standard InChI is InChI=1S/C29H26N6/c1-28(2)30-25-17-9-12-21-18-19-29(27(31-28)26(21)25,33-35-34-32-22-13-4-3-5-14-22)24-16-8-11-20-10-6-7-15-23(20)24/h3-19,27,30-31H,1-2H3. The maximum atomic E-state index is 4.93. The van der Waals surface area contributed by atoms with Gasteiger partial charge in [-0.15, -0.1) is 10.2 Å². The van der Waals surface area contributed by atoms with Crippen LogP contribution in [0.25, 0.3) is 16.8 Å². The van der Waals surface area contributed by atoms with Crippen molar-refractivity contribution in [2.45, 2.75) is 31.1 Å². The van der Waals surface area contributed by atoms with Crippen molar-refractivity contribution in [3.8, 4) is 0 Å². The number of nitrogens with one attached hydrogen (secondary N) is 2. The van der Waals surface area contributed by atoms with E-state index >= 15 is 0 Å². The van der Waals surface area contributed by atoms with Gasteiger partial charge in [-0.05, 0) is 70.5 Å². The van der Waals surface area contributed by atoms with Crippen molar-refractivity contribution in [2.24, 2.45) is 20.7 Å². The molecule has 2 unspecified atom stereocenters. The van der Waals surface area contributed by atoms with E-state index in [1.54, 1.807) is 0 Å². The van der Waals surface area contributed by atoms with Gasteiger partial charge in [-0.1, -0.05) is 78.9 Å². The Labute approximate surface area is 204 Å². The van der Waals surface area contributed by atoms with Crippen molar-refractivity contribution in [3.63, 3.8) is 0 Å². The van der Waals surface area contributed by atoms with Crippen LogP contribution in [0.4, 0.5) is 11.4 Å². The van der Waals surface area contributed by atoms with Gasteiger partial charge < -0.3 is 5.32 Å². The largest absolute Gasteiger partial charge is 0.367 e. The molecule has 0 spiro atoms. The molecule has 1 aliphatic heterocycles. The molecule has 2 N–H and O–H groups in total. The second kappa shape index (κ2) is 8.25. The van der Waals surface area contributed by atoms with Crippen LogP contribution in [0, 0.1) is 0 Å². The lowest BCUT2D eigenvalue weighted by Gasteiger charge is -2.48. The van der Waals surface area contributed by atoms with E-state index in [2.05, 4.69) is 113 Å². The zero-order chi connectivity index (χ0) is 23.9. The van der Waals surface area contributed by atoms with Crippen LogP contribution in [0.15, 0.2) is 118 Å². The van der Waals surface area contributed by atoms with Crippen LogP contribution in [0.2, 0.25) is 0 Å². The minimum absolute atomic E-state index is 0.156. The predicted molar refractivity (Wildman–Crippen MR) is 140 cm³/mol. The van der Waals surface area contributed by atoms with Crippen LogP contribution in [-0.2, 0) is 5.54 Å². The first kappa shape index (κ1) is 21.4. The average molecular weight is 459 g/mol. The first-order valence-corrected chi connectivity index (χ1v) is 11.8. The van der Waals surface area contributed by atoms with Gasteiger partial charge in [-0.3, -0.25) is 5.32 Å². The van der Waals surface area contributed by atoms with E-state index in [-0.39, 0.29) is 11.7 Å². The van der Waals surface area contributed by atoms with Gasteiger partial charge in [0.2, 0.25) is 0 Å². The van der Waals surface area contributed by atoms with Crippen LogP contribution in [0.3, 0.4) is 0 Å². The normalized spacial score (nSPS) is 22.4. The molecule has 0 fully saturated rings. The van der Waals surface area contributed by atoms with Crippen molar-refractivity contribution in [3.05, 3.63) is 114 Å². The van der Waals surface area contributed by atoms with E-state index in [0.717, 1.165) is 27.7 Å². The molecular formula is C29H26N6. The van der Waals surface area contributed by atoms with Gasteiger partial charge in [0.15, 0.2) is 0 Å². The van der Waals surface area contributed by atoms with Gasteiger partial charge in [0.25, 0.3) is 0 Å². The first-order chi connectivity index (χ1) is 17.1. The fourth-order valence-corrected chi connectivity index (χ4v) is 5.23. The predicted octanol–water partition coefficient (Wildman–Crippen LogP) is 7.71. The summed E-state index contributed by atoms with van der Waals surface area (Å²) in [6, 6.07) is 30.5. The Bertz CT molecular complexity index is 1480. The summed E-state index contributed by atoms with van der Waals surface area (Å²) < 4.78 is 0. The molecule has 4 aromatic carbocycles. The Balaban J connectivity index is 1.56. The number of benzene rings is 4. The lowest BCUT2D eigenvalue weighted by molar-refractivity contribution is 0.271. The zero-order valence-corrected chi connectivity index (χ0v) is 19.7. The third-order valence-corrected chi connectivity index (χ3v) is 6.73. The maximum Gasteiger partial charge on any atom is 0.147 e. The highest BCUT2D eigenvalue weighted by molar-refractivity contribution is 5.88. The van der Waals surface area contributed by atoms with Gasteiger partial charge in [-0.25, -0.2) is 0 Å². The minimum Gasteiger partial charge on any atom is -0.367 e. The molecule has 6 nitrogen and oxygen atoms in total. The minimum atomic E-state index is -0.820. The molecule has 6 heteroatoms. The number of hydrogen-bond acceptors (Lipinski definition) is 4. The molecule has 6 rings (SSSR count). The van der Waals surface area contributed by atoms with Crippen LogP contribution in [-0.4, -0.2) is 5.66 Å². The lowest BCUT2D eigenvalue weighted by Crippen LogP contribution is -2.57. The van der Waals surface area contributed by atoms with Crippen molar-refractivity contribution in [1.82, 2.24) is 5.32 Å². The summed E-state index contributed by atoms with van der Waals surface area (Å²) >= 11 is 0. The number of nitrogens with zero attached hydrogens (tertiary/aromatic N) is 4. The molecule has 35 heavy (non-hydrogen) atoms. The summed E-state index contributed by atoms with van der Waals surface area (Å²) in [5.41, 5.74) is 4.09. The fraction of sp³-hybridized carbons (Fsp3) is 0.172. The molecule has 0 saturated carbocycles. The van der Waals surface area contributed by atoms with Crippen molar-refractivity contribution >= 4 is 28.2 Å². The number of anilines is 1. The fourth-order valence-electron chi connectivity index (χ4n) is 5.23. The number of fused-ring (bicyclic) bond motifs is 1. The molecule has 2 aliphatic rings. The highest BCUT2D eigenvalue weighted by atomic mass is 15.5. The van der Waals surface area contributed by atoms with Gasteiger partial charge >= 0.3 is 0 Å². The van der Waals surface area contributed by atoms with Crippen molar-refractivity contribution < 1.29 is 0 Å². The summed E-state index contributed by atoms with van der Waals surface area (Å²) in [6.45, 7) is 4.28. The quantitative estimate of drug-likeness (QED) is 0.243. The van der Waals surface area contributed by atoms with Crippen LogP contribution < -0.4 is 10.6 Å². The molecule has 1 heterocycles. The molecule has 1 aliphatic carbocycles. The highest BCUT2D eigenvalue weighted by Gasteiger charge is 2.49. The Kier molecular flexibility index (Phi) is 5.04. The molecule has 4 aromatic rings. The number of hydrogen-bond donors (Lipinski definition) is 2. The van der Waals surface area contributed by atoms with Gasteiger partial charge in [-0.2, -0.15) is 0 Å². The molecule has 0 amide bonds. The second-order valence-corrected chi connectivity index (χ2v) is 9.54. The lowest BCUT2D eigenvalue weighted by atomic mass is 9.71. The summed E-state index contributed by atoms with van der Waals surface area (Å²) in [4.78, 5) is 0. The SMILES string of the molecule is CC1(C)Nc2cccc3c2C(N1)C(N=NN=Nc1ccccc1)(c1cccc2ccccc12)C=C3.